The van der Waals surface area contributed by atoms with E-state index in [-0.39, 0.29) is 5.91 Å². The maximum atomic E-state index is 12.3. The SMILES string of the molecule is O=C(N[C@@H]([NH+]1CCCC1)C(Cl)(Cl)Cl)c1ccc(Br)cc1. The van der Waals surface area contributed by atoms with Gasteiger partial charge in [-0.05, 0) is 24.3 Å². The lowest BCUT2D eigenvalue weighted by Gasteiger charge is -2.30. The van der Waals surface area contributed by atoms with E-state index in [2.05, 4.69) is 21.2 Å². The fraction of sp³-hybridized carbons (Fsp3) is 0.462. The molecule has 7 heteroatoms. The maximum Gasteiger partial charge on any atom is 0.262 e. The molecular formula is C13H15BrCl3N2O+. The molecule has 1 aromatic carbocycles. The molecule has 110 valence electrons. The van der Waals surface area contributed by atoms with Crippen LogP contribution in [0.25, 0.3) is 0 Å². The minimum Gasteiger partial charge on any atom is -0.312 e. The van der Waals surface area contributed by atoms with Crippen molar-refractivity contribution < 1.29 is 9.69 Å². The van der Waals surface area contributed by atoms with E-state index in [4.69, 9.17) is 34.8 Å². The van der Waals surface area contributed by atoms with Gasteiger partial charge in [-0.25, -0.2) is 0 Å². The standard InChI is InChI=1S/C13H14BrCl3N2O/c14-10-5-3-9(4-6-10)11(20)18-12(13(15,16)17)19-7-1-2-8-19/h3-6,12H,1-2,7-8H2,(H,18,20)/p+1/t12-/m0/s1. The topological polar surface area (TPSA) is 33.5 Å². The first-order chi connectivity index (χ1) is 9.38. The summed E-state index contributed by atoms with van der Waals surface area (Å²) in [5.74, 6) is -0.228. The number of benzene rings is 1. The summed E-state index contributed by atoms with van der Waals surface area (Å²) in [4.78, 5) is 13.4. The van der Waals surface area contributed by atoms with Gasteiger partial charge in [-0.2, -0.15) is 0 Å². The van der Waals surface area contributed by atoms with Gasteiger partial charge in [-0.1, -0.05) is 50.7 Å². The highest BCUT2D eigenvalue weighted by atomic mass is 79.9. The molecular weight excluding hydrogens is 386 g/mol. The molecule has 0 saturated carbocycles. The maximum absolute atomic E-state index is 12.3. The Kier molecular flexibility index (Phi) is 5.60. The summed E-state index contributed by atoms with van der Waals surface area (Å²) in [6, 6.07) is 7.08. The van der Waals surface area contributed by atoms with E-state index in [0.29, 0.717) is 5.56 Å². The number of rotatable bonds is 3. The second-order valence-corrected chi connectivity index (χ2v) is 8.10. The molecule has 1 atom stereocenters. The number of quaternary nitrogens is 1. The van der Waals surface area contributed by atoms with Gasteiger partial charge < -0.3 is 4.90 Å². The Labute approximate surface area is 141 Å². The molecule has 1 heterocycles. The summed E-state index contributed by atoms with van der Waals surface area (Å²) in [6.45, 7) is 1.80. The van der Waals surface area contributed by atoms with Crippen LogP contribution in [-0.4, -0.2) is 29.0 Å². The van der Waals surface area contributed by atoms with Crippen molar-refractivity contribution in [3.8, 4) is 0 Å². The van der Waals surface area contributed by atoms with Crippen LogP contribution >= 0.6 is 50.7 Å². The van der Waals surface area contributed by atoms with Crippen LogP contribution in [0.15, 0.2) is 28.7 Å². The first kappa shape index (κ1) is 16.4. The van der Waals surface area contributed by atoms with Crippen molar-refractivity contribution in [3.63, 3.8) is 0 Å². The number of carbonyl (C=O) groups excluding carboxylic acids is 1. The van der Waals surface area contributed by atoms with Crippen LogP contribution in [0.2, 0.25) is 0 Å². The van der Waals surface area contributed by atoms with Crippen LogP contribution < -0.4 is 10.2 Å². The molecule has 1 aliphatic rings. The van der Waals surface area contributed by atoms with Crippen molar-refractivity contribution >= 4 is 56.6 Å². The fourth-order valence-electron chi connectivity index (χ4n) is 2.35. The van der Waals surface area contributed by atoms with E-state index in [1.54, 1.807) is 12.1 Å². The van der Waals surface area contributed by atoms with Gasteiger partial charge in [0.25, 0.3) is 9.70 Å². The van der Waals surface area contributed by atoms with Crippen molar-refractivity contribution in [1.29, 1.82) is 0 Å². The first-order valence-electron chi connectivity index (χ1n) is 6.35. The van der Waals surface area contributed by atoms with Crippen LogP contribution in [0.1, 0.15) is 23.2 Å². The minimum absolute atomic E-state index is 0.228. The number of hydrogen-bond donors (Lipinski definition) is 2. The first-order valence-corrected chi connectivity index (χ1v) is 8.28. The smallest absolute Gasteiger partial charge is 0.262 e. The van der Waals surface area contributed by atoms with E-state index in [9.17, 15) is 4.79 Å². The average molecular weight is 402 g/mol. The van der Waals surface area contributed by atoms with Gasteiger partial charge >= 0.3 is 0 Å². The van der Waals surface area contributed by atoms with Gasteiger partial charge in [0.15, 0.2) is 0 Å². The summed E-state index contributed by atoms with van der Waals surface area (Å²) in [7, 11) is 0. The molecule has 0 radical (unpaired) electrons. The van der Waals surface area contributed by atoms with Crippen LogP contribution in [0.5, 0.6) is 0 Å². The highest BCUT2D eigenvalue weighted by molar-refractivity contribution is 9.10. The molecule has 1 fully saturated rings. The fourth-order valence-corrected chi connectivity index (χ4v) is 3.24. The number of amides is 1. The third kappa shape index (κ3) is 4.25. The predicted molar refractivity (Wildman–Crippen MR) is 85.6 cm³/mol. The Hall–Kier alpha value is -0.000000000000000167. The molecule has 0 unspecified atom stereocenters. The van der Waals surface area contributed by atoms with Gasteiger partial charge in [0, 0.05) is 22.9 Å². The van der Waals surface area contributed by atoms with E-state index in [1.165, 1.54) is 0 Å². The number of carbonyl (C=O) groups is 1. The molecule has 2 rings (SSSR count). The normalized spacial score (nSPS) is 18.0. The van der Waals surface area contributed by atoms with Gasteiger partial charge in [0.1, 0.15) is 0 Å². The molecule has 0 spiro atoms. The van der Waals surface area contributed by atoms with E-state index >= 15 is 0 Å². The lowest BCUT2D eigenvalue weighted by Crippen LogP contribution is -3.17. The second-order valence-electron chi connectivity index (χ2n) is 4.82. The summed E-state index contributed by atoms with van der Waals surface area (Å²) >= 11 is 21.4. The molecule has 1 aromatic rings. The minimum atomic E-state index is -1.52. The zero-order chi connectivity index (χ0) is 14.8. The average Bonchev–Trinajstić information content (AvgIpc) is 2.88. The Bertz CT molecular complexity index is 469. The lowest BCUT2D eigenvalue weighted by atomic mass is 10.2. The quantitative estimate of drug-likeness (QED) is 0.750. The van der Waals surface area contributed by atoms with Crippen LogP contribution in [0.4, 0.5) is 0 Å². The van der Waals surface area contributed by atoms with Gasteiger partial charge in [-0.3, -0.25) is 10.1 Å². The van der Waals surface area contributed by atoms with Gasteiger partial charge in [0.05, 0.1) is 13.1 Å². The highest BCUT2D eigenvalue weighted by Gasteiger charge is 2.43. The predicted octanol–water partition coefficient (Wildman–Crippen LogP) is 2.55. The van der Waals surface area contributed by atoms with Crippen molar-refractivity contribution in [3.05, 3.63) is 34.3 Å². The van der Waals surface area contributed by atoms with E-state index in [1.807, 2.05) is 12.1 Å². The van der Waals surface area contributed by atoms with Crippen molar-refractivity contribution in [2.45, 2.75) is 22.8 Å². The van der Waals surface area contributed by atoms with Crippen LogP contribution in [-0.2, 0) is 0 Å². The molecule has 0 aromatic heterocycles. The molecule has 0 aliphatic carbocycles. The summed E-state index contributed by atoms with van der Waals surface area (Å²) in [5, 5.41) is 2.85. The summed E-state index contributed by atoms with van der Waals surface area (Å²) in [6.07, 6.45) is 1.63. The summed E-state index contributed by atoms with van der Waals surface area (Å²) < 4.78 is -0.609. The van der Waals surface area contributed by atoms with Crippen LogP contribution in [0.3, 0.4) is 0 Å². The van der Waals surface area contributed by atoms with E-state index < -0.39 is 9.96 Å². The Morgan fingerprint density at radius 2 is 1.75 bits per heavy atom. The molecule has 1 aliphatic heterocycles. The molecule has 0 bridgehead atoms. The van der Waals surface area contributed by atoms with Gasteiger partial charge in [0.2, 0.25) is 6.17 Å². The zero-order valence-corrected chi connectivity index (χ0v) is 14.5. The van der Waals surface area contributed by atoms with Crippen molar-refractivity contribution in [2.75, 3.05) is 13.1 Å². The Morgan fingerprint density at radius 3 is 2.25 bits per heavy atom. The largest absolute Gasteiger partial charge is 0.312 e. The van der Waals surface area contributed by atoms with Crippen LogP contribution in [0, 0.1) is 0 Å². The Balaban J connectivity index is 2.11. The monoisotopic (exact) mass is 399 g/mol. The lowest BCUT2D eigenvalue weighted by molar-refractivity contribution is -0.915. The molecule has 1 saturated heterocycles. The zero-order valence-electron chi connectivity index (χ0n) is 10.6. The molecule has 20 heavy (non-hydrogen) atoms. The molecule has 1 amide bonds. The number of hydrogen-bond acceptors (Lipinski definition) is 1. The number of nitrogens with one attached hydrogen (secondary N) is 2. The molecule has 2 N–H and O–H groups in total. The second kappa shape index (κ2) is 6.84. The summed E-state index contributed by atoms with van der Waals surface area (Å²) in [5.41, 5.74) is 0.547. The highest BCUT2D eigenvalue weighted by Crippen LogP contribution is 2.28. The number of alkyl halides is 3. The number of likely N-dealkylation sites (tertiary alicyclic amines) is 1. The van der Waals surface area contributed by atoms with Crippen molar-refractivity contribution in [1.82, 2.24) is 5.32 Å². The third-order valence-corrected chi connectivity index (χ3v) is 4.55. The third-order valence-electron chi connectivity index (χ3n) is 3.36. The number of halogens is 4. The Morgan fingerprint density at radius 1 is 1.20 bits per heavy atom. The molecule has 3 nitrogen and oxygen atoms in total. The van der Waals surface area contributed by atoms with E-state index in [0.717, 1.165) is 35.3 Å². The van der Waals surface area contributed by atoms with Gasteiger partial charge in [-0.15, -0.1) is 0 Å². The van der Waals surface area contributed by atoms with Crippen molar-refractivity contribution in [2.24, 2.45) is 0 Å².